The number of fused-ring (bicyclic) bond motifs is 1. The summed E-state index contributed by atoms with van der Waals surface area (Å²) < 4.78 is 6.85. The van der Waals surface area contributed by atoms with Crippen LogP contribution in [0, 0.1) is 24.2 Å². The minimum Gasteiger partial charge on any atom is -0.370 e. The van der Waals surface area contributed by atoms with Gasteiger partial charge in [-0.3, -0.25) is 24.4 Å². The Hall–Kier alpha value is -2.38. The molecule has 0 saturated carbocycles. The molecule has 0 aliphatic carbocycles. The van der Waals surface area contributed by atoms with Crippen molar-refractivity contribution in [2.24, 2.45) is 17.3 Å². The van der Waals surface area contributed by atoms with Crippen molar-refractivity contribution in [2.45, 2.75) is 66.7 Å². The third-order valence-corrected chi connectivity index (χ3v) is 6.67. The Morgan fingerprint density at radius 2 is 1.89 bits per heavy atom. The Morgan fingerprint density at radius 1 is 1.22 bits per heavy atom. The number of benzene rings is 1. The summed E-state index contributed by atoms with van der Waals surface area (Å²) in [5.41, 5.74) is 2.06. The van der Waals surface area contributed by atoms with Crippen molar-refractivity contribution in [1.82, 2.24) is 26.2 Å². The van der Waals surface area contributed by atoms with Crippen LogP contribution in [0.1, 0.15) is 52.4 Å². The van der Waals surface area contributed by atoms with Gasteiger partial charge in [-0.25, -0.2) is 4.98 Å². The number of amides is 2. The van der Waals surface area contributed by atoms with Crippen molar-refractivity contribution in [3.05, 3.63) is 38.3 Å². The first-order chi connectivity index (χ1) is 17.3. The minimum atomic E-state index is -0.788. The zero-order valence-electron chi connectivity index (χ0n) is 22.4. The molecule has 2 aromatic rings. The van der Waals surface area contributed by atoms with E-state index in [2.05, 4.69) is 36.5 Å². The molecule has 0 aliphatic rings. The van der Waals surface area contributed by atoms with Gasteiger partial charge in [0.1, 0.15) is 11.9 Å². The monoisotopic (exact) mass is 583 g/mol. The molecule has 1 aromatic carbocycles. The van der Waals surface area contributed by atoms with Gasteiger partial charge in [-0.05, 0) is 42.4 Å². The molecule has 37 heavy (non-hydrogen) atoms. The fourth-order valence-corrected chi connectivity index (χ4v) is 4.48. The SMILES string of the molecule is CNC(=O)C(NC(=O)C(CC(C)C)C(CONO)OCc1cc2c(=O)[nH]c(C)nc2cc1Br)C(C)(C)C. The Labute approximate surface area is 225 Å². The van der Waals surface area contributed by atoms with Crippen LogP contribution in [0.4, 0.5) is 0 Å². The van der Waals surface area contributed by atoms with E-state index in [9.17, 15) is 14.4 Å². The van der Waals surface area contributed by atoms with E-state index in [0.29, 0.717) is 33.2 Å². The Balaban J connectivity index is 2.36. The average molecular weight is 585 g/mol. The van der Waals surface area contributed by atoms with Gasteiger partial charge in [-0.1, -0.05) is 56.2 Å². The molecule has 1 aromatic heterocycles. The maximum atomic E-state index is 13.5. The smallest absolute Gasteiger partial charge is 0.258 e. The van der Waals surface area contributed by atoms with E-state index >= 15 is 0 Å². The lowest BCUT2D eigenvalue weighted by Crippen LogP contribution is -2.55. The average Bonchev–Trinajstić information content (AvgIpc) is 2.80. The van der Waals surface area contributed by atoms with Crippen molar-refractivity contribution in [2.75, 3.05) is 13.7 Å². The Morgan fingerprint density at radius 3 is 2.46 bits per heavy atom. The zero-order valence-corrected chi connectivity index (χ0v) is 24.0. The summed E-state index contributed by atoms with van der Waals surface area (Å²) >= 11 is 3.51. The molecule has 0 aliphatic heterocycles. The van der Waals surface area contributed by atoms with Crippen LogP contribution in [0.15, 0.2) is 21.4 Å². The first-order valence-electron chi connectivity index (χ1n) is 12.1. The van der Waals surface area contributed by atoms with Crippen LogP contribution in [-0.4, -0.2) is 52.8 Å². The summed E-state index contributed by atoms with van der Waals surface area (Å²) in [5.74, 6) is -0.733. The van der Waals surface area contributed by atoms with Gasteiger partial charge in [0.2, 0.25) is 11.8 Å². The number of rotatable bonds is 12. The highest BCUT2D eigenvalue weighted by molar-refractivity contribution is 9.10. The second kappa shape index (κ2) is 13.4. The molecule has 2 rings (SSSR count). The van der Waals surface area contributed by atoms with Crippen LogP contribution in [0.2, 0.25) is 0 Å². The van der Waals surface area contributed by atoms with Gasteiger partial charge in [-0.2, -0.15) is 0 Å². The summed E-state index contributed by atoms with van der Waals surface area (Å²) in [4.78, 5) is 50.5. The molecule has 11 nitrogen and oxygen atoms in total. The highest BCUT2D eigenvalue weighted by atomic mass is 79.9. The number of hydrogen-bond acceptors (Lipinski definition) is 8. The molecule has 5 N–H and O–H groups in total. The number of carbonyl (C=O) groups is 2. The predicted molar refractivity (Wildman–Crippen MR) is 143 cm³/mol. The van der Waals surface area contributed by atoms with Gasteiger partial charge in [0.25, 0.3) is 5.56 Å². The normalized spacial score (nSPS) is 14.4. The summed E-state index contributed by atoms with van der Waals surface area (Å²) in [6.45, 7) is 11.2. The number of aromatic amines is 1. The highest BCUT2D eigenvalue weighted by Crippen LogP contribution is 2.27. The molecule has 1 heterocycles. The van der Waals surface area contributed by atoms with Crippen molar-refractivity contribution in [3.8, 4) is 0 Å². The number of likely N-dealkylation sites (N-methyl/N-ethyl adjacent to an activating group) is 1. The summed E-state index contributed by atoms with van der Waals surface area (Å²) in [5, 5.41) is 14.9. The fraction of sp³-hybridized carbons (Fsp3) is 0.600. The van der Waals surface area contributed by atoms with Crippen LogP contribution < -0.4 is 21.8 Å². The minimum absolute atomic E-state index is 0.0450. The Kier molecular flexibility index (Phi) is 11.2. The molecular weight excluding hydrogens is 546 g/mol. The summed E-state index contributed by atoms with van der Waals surface area (Å²) in [7, 11) is 1.52. The number of halogens is 1. The molecule has 2 amide bonds. The maximum absolute atomic E-state index is 13.5. The number of carbonyl (C=O) groups excluding carboxylic acids is 2. The molecule has 206 valence electrons. The molecule has 3 unspecified atom stereocenters. The number of aromatic nitrogens is 2. The standard InChI is InChI=1S/C25H38BrN5O6/c1-13(2)8-17(23(33)30-21(24(34)27-7)25(4,5)6)20(12-37-31-35)36-11-15-9-16-19(10-18(15)26)28-14(3)29-22(16)32/h9-10,13,17,20-21,31,35H,8,11-12H2,1-7H3,(H,27,34)(H,30,33)(H,28,29,32). The first-order valence-corrected chi connectivity index (χ1v) is 12.9. The second-order valence-electron chi connectivity index (χ2n) is 10.5. The van der Waals surface area contributed by atoms with Crippen molar-refractivity contribution in [1.29, 1.82) is 0 Å². The zero-order chi connectivity index (χ0) is 27.9. The molecule has 0 bridgehead atoms. The molecular formula is C25H38BrN5O6. The second-order valence-corrected chi connectivity index (χ2v) is 11.4. The lowest BCUT2D eigenvalue weighted by atomic mass is 9.84. The summed E-state index contributed by atoms with van der Waals surface area (Å²) in [6, 6.07) is 2.66. The molecule has 0 radical (unpaired) electrons. The lowest BCUT2D eigenvalue weighted by molar-refractivity contribution is -0.170. The molecule has 0 fully saturated rings. The quantitative estimate of drug-likeness (QED) is 0.239. The number of nitrogens with zero attached hydrogens (tertiary/aromatic N) is 1. The number of nitrogens with one attached hydrogen (secondary N) is 4. The van der Waals surface area contributed by atoms with Gasteiger partial charge in [0.05, 0.1) is 36.1 Å². The van der Waals surface area contributed by atoms with Gasteiger partial charge in [0, 0.05) is 11.5 Å². The number of aryl methyl sites for hydroxylation is 1. The fourth-order valence-electron chi connectivity index (χ4n) is 4.03. The molecule has 0 saturated heterocycles. The van der Waals surface area contributed by atoms with E-state index in [1.165, 1.54) is 7.05 Å². The van der Waals surface area contributed by atoms with Crippen LogP contribution in [-0.2, 0) is 25.8 Å². The van der Waals surface area contributed by atoms with E-state index < -0.39 is 23.5 Å². The Bertz CT molecular complexity index is 1150. The third kappa shape index (κ3) is 8.57. The van der Waals surface area contributed by atoms with Gasteiger partial charge in [0.15, 0.2) is 0 Å². The first kappa shape index (κ1) is 30.8. The van der Waals surface area contributed by atoms with Gasteiger partial charge in [-0.15, -0.1) is 0 Å². The van der Waals surface area contributed by atoms with E-state index in [1.807, 2.05) is 34.6 Å². The number of hydrogen-bond donors (Lipinski definition) is 5. The van der Waals surface area contributed by atoms with Gasteiger partial charge >= 0.3 is 0 Å². The number of H-pyrrole nitrogens is 1. The van der Waals surface area contributed by atoms with Crippen LogP contribution in [0.25, 0.3) is 10.9 Å². The number of ether oxygens (including phenoxy) is 1. The predicted octanol–water partition coefficient (Wildman–Crippen LogP) is 2.73. The van der Waals surface area contributed by atoms with Crippen molar-refractivity contribution < 1.29 is 24.4 Å². The maximum Gasteiger partial charge on any atom is 0.258 e. The van der Waals surface area contributed by atoms with E-state index in [1.54, 1.807) is 24.7 Å². The molecule has 0 spiro atoms. The van der Waals surface area contributed by atoms with E-state index in [-0.39, 0.29) is 36.5 Å². The van der Waals surface area contributed by atoms with Gasteiger partial charge < -0.3 is 20.4 Å². The highest BCUT2D eigenvalue weighted by Gasteiger charge is 2.37. The van der Waals surface area contributed by atoms with Crippen molar-refractivity contribution in [3.63, 3.8) is 0 Å². The largest absolute Gasteiger partial charge is 0.370 e. The molecule has 3 atom stereocenters. The topological polar surface area (TPSA) is 155 Å². The van der Waals surface area contributed by atoms with E-state index in [4.69, 9.17) is 14.8 Å². The van der Waals surface area contributed by atoms with Crippen molar-refractivity contribution >= 4 is 38.6 Å². The third-order valence-electron chi connectivity index (χ3n) is 5.93. The van der Waals surface area contributed by atoms with E-state index in [0.717, 1.165) is 0 Å². The van der Waals surface area contributed by atoms with Crippen LogP contribution in [0.3, 0.4) is 0 Å². The van der Waals surface area contributed by atoms with Crippen LogP contribution in [0.5, 0.6) is 0 Å². The van der Waals surface area contributed by atoms with Crippen LogP contribution >= 0.6 is 15.9 Å². The summed E-state index contributed by atoms with van der Waals surface area (Å²) in [6.07, 6.45) is -0.345. The molecule has 12 heteroatoms. The lowest BCUT2D eigenvalue weighted by Gasteiger charge is -2.33.